The van der Waals surface area contributed by atoms with Gasteiger partial charge in [-0.05, 0) is 55.2 Å². The number of ether oxygens (including phenoxy) is 3. The first kappa shape index (κ1) is 25.4. The third-order valence-electron chi connectivity index (χ3n) is 6.16. The summed E-state index contributed by atoms with van der Waals surface area (Å²) in [5, 5.41) is 0. The van der Waals surface area contributed by atoms with Crippen LogP contribution in [0.4, 0.5) is 0 Å². The summed E-state index contributed by atoms with van der Waals surface area (Å²) in [6.07, 6.45) is 1.77. The van der Waals surface area contributed by atoms with E-state index in [9.17, 15) is 9.59 Å². The molecule has 4 rings (SSSR count). The van der Waals surface area contributed by atoms with Gasteiger partial charge in [-0.1, -0.05) is 49.4 Å². The normalized spacial score (nSPS) is 15.5. The van der Waals surface area contributed by atoms with Crippen LogP contribution in [0.1, 0.15) is 56.3 Å². The van der Waals surface area contributed by atoms with E-state index < -0.39 is 12.0 Å². The molecule has 1 aliphatic heterocycles. The largest absolute Gasteiger partial charge is 0.497 e. The monoisotopic (exact) mass is 506 g/mol. The number of esters is 1. The number of benzene rings is 2. The van der Waals surface area contributed by atoms with Gasteiger partial charge in [0.1, 0.15) is 11.5 Å². The molecule has 36 heavy (non-hydrogen) atoms. The molecule has 1 aromatic heterocycles. The number of nitrogens with zero attached hydrogens (tertiary/aromatic N) is 2. The molecule has 1 aliphatic rings. The maximum absolute atomic E-state index is 13.8. The Morgan fingerprint density at radius 3 is 2.47 bits per heavy atom. The Morgan fingerprint density at radius 2 is 1.86 bits per heavy atom. The minimum absolute atomic E-state index is 0.231. The lowest BCUT2D eigenvalue weighted by Crippen LogP contribution is -2.39. The number of thiazole rings is 1. The molecule has 2 heterocycles. The van der Waals surface area contributed by atoms with Crippen molar-refractivity contribution < 1.29 is 19.0 Å². The molecule has 1 atom stereocenters. The van der Waals surface area contributed by atoms with Crippen molar-refractivity contribution in [3.8, 4) is 11.5 Å². The number of hydrogen-bond acceptors (Lipinski definition) is 7. The van der Waals surface area contributed by atoms with Crippen LogP contribution in [0, 0.1) is 0 Å². The van der Waals surface area contributed by atoms with E-state index >= 15 is 0 Å². The molecule has 7 nitrogen and oxygen atoms in total. The van der Waals surface area contributed by atoms with Crippen molar-refractivity contribution in [3.05, 3.63) is 90.1 Å². The zero-order valence-electron chi connectivity index (χ0n) is 21.3. The zero-order valence-corrected chi connectivity index (χ0v) is 22.1. The van der Waals surface area contributed by atoms with E-state index in [2.05, 4.69) is 18.8 Å². The number of hydrogen-bond donors (Lipinski definition) is 0. The summed E-state index contributed by atoms with van der Waals surface area (Å²) < 4.78 is 18.3. The Balaban J connectivity index is 1.95. The molecule has 0 radical (unpaired) electrons. The van der Waals surface area contributed by atoms with E-state index in [0.717, 1.165) is 5.56 Å². The van der Waals surface area contributed by atoms with Gasteiger partial charge in [-0.15, -0.1) is 0 Å². The van der Waals surface area contributed by atoms with E-state index in [1.807, 2.05) is 30.3 Å². The van der Waals surface area contributed by atoms with Crippen molar-refractivity contribution >= 4 is 23.4 Å². The van der Waals surface area contributed by atoms with Gasteiger partial charge in [0.05, 0.1) is 42.7 Å². The van der Waals surface area contributed by atoms with Crippen LogP contribution in [0.3, 0.4) is 0 Å². The van der Waals surface area contributed by atoms with Gasteiger partial charge in [0, 0.05) is 5.56 Å². The Labute approximate surface area is 214 Å². The van der Waals surface area contributed by atoms with E-state index in [-0.39, 0.29) is 12.2 Å². The summed E-state index contributed by atoms with van der Waals surface area (Å²) >= 11 is 1.27. The van der Waals surface area contributed by atoms with E-state index in [1.165, 1.54) is 16.9 Å². The Hall–Kier alpha value is -3.65. The number of carbonyl (C=O) groups is 1. The molecule has 0 N–H and O–H groups in total. The molecule has 2 aromatic carbocycles. The summed E-state index contributed by atoms with van der Waals surface area (Å²) in [7, 11) is 3.17. The van der Waals surface area contributed by atoms with Crippen LogP contribution in [0.5, 0.6) is 11.5 Å². The minimum Gasteiger partial charge on any atom is -0.497 e. The maximum Gasteiger partial charge on any atom is 0.338 e. The molecule has 8 heteroatoms. The molecule has 0 amide bonds. The topological polar surface area (TPSA) is 79.1 Å². The molecular formula is C28H30N2O5S. The second kappa shape index (κ2) is 10.5. The molecular weight excluding hydrogens is 476 g/mol. The molecule has 0 saturated heterocycles. The van der Waals surface area contributed by atoms with Gasteiger partial charge >= 0.3 is 5.97 Å². The van der Waals surface area contributed by atoms with Crippen LogP contribution >= 0.6 is 11.3 Å². The Morgan fingerprint density at radius 1 is 1.14 bits per heavy atom. The average Bonchev–Trinajstić information content (AvgIpc) is 3.17. The van der Waals surface area contributed by atoms with Gasteiger partial charge in [0.25, 0.3) is 5.56 Å². The molecule has 0 spiro atoms. The summed E-state index contributed by atoms with van der Waals surface area (Å²) in [6.45, 7) is 8.02. The predicted molar refractivity (Wildman–Crippen MR) is 140 cm³/mol. The lowest BCUT2D eigenvalue weighted by Gasteiger charge is -2.25. The first-order valence-electron chi connectivity index (χ1n) is 11.8. The third kappa shape index (κ3) is 4.73. The highest BCUT2D eigenvalue weighted by molar-refractivity contribution is 7.07. The zero-order chi connectivity index (χ0) is 26.0. The fourth-order valence-electron chi connectivity index (χ4n) is 4.26. The Bertz CT molecular complexity index is 1500. The van der Waals surface area contributed by atoms with E-state index in [0.29, 0.717) is 43.6 Å². The highest BCUT2D eigenvalue weighted by Gasteiger charge is 2.33. The highest BCUT2D eigenvalue weighted by Crippen LogP contribution is 2.31. The first-order chi connectivity index (χ1) is 17.3. The van der Waals surface area contributed by atoms with Gasteiger partial charge in [0.2, 0.25) is 0 Å². The smallest absolute Gasteiger partial charge is 0.338 e. The van der Waals surface area contributed by atoms with Crippen LogP contribution < -0.4 is 24.4 Å². The molecule has 188 valence electrons. The van der Waals surface area contributed by atoms with Crippen LogP contribution in [0.2, 0.25) is 0 Å². The quantitative estimate of drug-likeness (QED) is 0.454. The van der Waals surface area contributed by atoms with Gasteiger partial charge in [-0.25, -0.2) is 9.79 Å². The van der Waals surface area contributed by atoms with Crippen molar-refractivity contribution in [1.29, 1.82) is 0 Å². The predicted octanol–water partition coefficient (Wildman–Crippen LogP) is 3.94. The number of carbonyl (C=O) groups excluding carboxylic acids is 1. The van der Waals surface area contributed by atoms with E-state index in [1.54, 1.807) is 50.8 Å². The van der Waals surface area contributed by atoms with Crippen molar-refractivity contribution in [1.82, 2.24) is 4.57 Å². The molecule has 0 bridgehead atoms. The minimum atomic E-state index is -0.643. The SMILES string of the molecule is CCOC(=O)C1=C(C)N=c2sc(=Cc3cc(OC)ccc3OC)c(=O)n2C1c1ccc(C(C)C)cc1. The van der Waals surface area contributed by atoms with Crippen molar-refractivity contribution in [2.45, 2.75) is 39.7 Å². The second-order valence-electron chi connectivity index (χ2n) is 8.73. The standard InChI is InChI=1S/C28H30N2O5S/c1-7-35-27(32)24-17(4)29-28-30(25(24)19-10-8-18(9-11-19)16(2)3)26(31)23(36-28)15-20-14-21(33-5)12-13-22(20)34-6/h8-16,25H,7H2,1-6H3. The van der Waals surface area contributed by atoms with Gasteiger partial charge in [-0.3, -0.25) is 9.36 Å². The number of aromatic nitrogens is 1. The van der Waals surface area contributed by atoms with Gasteiger partial charge in [0.15, 0.2) is 4.80 Å². The summed E-state index contributed by atoms with van der Waals surface area (Å²) in [5.74, 6) is 1.16. The Kier molecular flexibility index (Phi) is 7.45. The first-order valence-corrected chi connectivity index (χ1v) is 12.6. The summed E-state index contributed by atoms with van der Waals surface area (Å²) in [6, 6.07) is 12.8. The number of allylic oxidation sites excluding steroid dienone is 1. The number of rotatable bonds is 7. The summed E-state index contributed by atoms with van der Waals surface area (Å²) in [5.41, 5.74) is 3.38. The molecule has 3 aromatic rings. The van der Waals surface area contributed by atoms with Crippen LogP contribution in [-0.2, 0) is 9.53 Å². The van der Waals surface area contributed by atoms with Crippen LogP contribution in [-0.4, -0.2) is 31.4 Å². The molecule has 0 saturated carbocycles. The van der Waals surface area contributed by atoms with Crippen molar-refractivity contribution in [3.63, 3.8) is 0 Å². The van der Waals surface area contributed by atoms with Crippen molar-refractivity contribution in [2.75, 3.05) is 20.8 Å². The highest BCUT2D eigenvalue weighted by atomic mass is 32.1. The average molecular weight is 507 g/mol. The summed E-state index contributed by atoms with van der Waals surface area (Å²) in [4.78, 5) is 32.0. The third-order valence-corrected chi connectivity index (χ3v) is 7.14. The number of methoxy groups -OCH3 is 2. The fourth-order valence-corrected chi connectivity index (χ4v) is 5.30. The maximum atomic E-state index is 13.8. The van der Waals surface area contributed by atoms with Crippen LogP contribution in [0.15, 0.2) is 63.5 Å². The number of fused-ring (bicyclic) bond motifs is 1. The molecule has 1 unspecified atom stereocenters. The van der Waals surface area contributed by atoms with E-state index in [4.69, 9.17) is 14.2 Å². The van der Waals surface area contributed by atoms with Crippen LogP contribution in [0.25, 0.3) is 6.08 Å². The molecule has 0 aliphatic carbocycles. The lowest BCUT2D eigenvalue weighted by molar-refractivity contribution is -0.139. The lowest BCUT2D eigenvalue weighted by atomic mass is 9.93. The van der Waals surface area contributed by atoms with Gasteiger partial charge in [-0.2, -0.15) is 0 Å². The van der Waals surface area contributed by atoms with Crippen molar-refractivity contribution in [2.24, 2.45) is 4.99 Å². The van der Waals surface area contributed by atoms with Gasteiger partial charge < -0.3 is 14.2 Å². The molecule has 0 fully saturated rings. The second-order valence-corrected chi connectivity index (χ2v) is 9.74. The fraction of sp³-hybridized carbons (Fsp3) is 0.321.